The minimum atomic E-state index is -1.35. The van der Waals surface area contributed by atoms with Gasteiger partial charge in [-0.3, -0.25) is 9.59 Å². The van der Waals surface area contributed by atoms with Crippen LogP contribution < -0.4 is 20.7 Å². The number of amides is 3. The number of nitrogens with one attached hydrogen (secondary N) is 3. The number of benzene rings is 2. The van der Waals surface area contributed by atoms with Crippen LogP contribution in [0.25, 0.3) is 0 Å². The van der Waals surface area contributed by atoms with Crippen LogP contribution in [0.4, 0.5) is 4.79 Å². The number of hydrogen-bond donors (Lipinski definition) is 10. The fourth-order valence-corrected chi connectivity index (χ4v) is 8.13. The lowest BCUT2D eigenvalue weighted by Gasteiger charge is -2.23. The molecule has 0 spiro atoms. The Hall–Kier alpha value is -3.58. The molecule has 0 saturated carbocycles. The number of aliphatic hydroxyl groups is 7. The van der Waals surface area contributed by atoms with Crippen molar-refractivity contribution in [3.8, 4) is 5.75 Å². The molecule has 2 aromatic carbocycles. The number of alkyl carbamates (subject to hydrolysis) is 1. The molecule has 2 aromatic rings. The zero-order valence-electron chi connectivity index (χ0n) is 41.8. The molecule has 16 nitrogen and oxygen atoms in total. The number of hydrogen-bond acceptors (Lipinski definition) is 13. The van der Waals surface area contributed by atoms with E-state index in [9.17, 15) is 50.1 Å². The average Bonchev–Trinajstić information content (AvgIpc) is 3.37. The average molecular weight is 1010 g/mol. The number of rotatable bonds is 43. The molecule has 400 valence electrons. The zero-order valence-corrected chi connectivity index (χ0v) is 42.5. The summed E-state index contributed by atoms with van der Waals surface area (Å²) in [6.45, 7) is 2.16. The Morgan fingerprint density at radius 3 is 1.77 bits per heavy atom. The molecule has 17 heteroatoms. The fraction of sp³-hybridized carbons (Fsp3) is 0.717. The van der Waals surface area contributed by atoms with Crippen LogP contribution in [0, 0.1) is 0 Å². The zero-order chi connectivity index (χ0) is 51.2. The Bertz CT molecular complexity index is 1610. The second-order valence-electron chi connectivity index (χ2n) is 18.4. The number of halogens is 1. The van der Waals surface area contributed by atoms with E-state index in [1.165, 1.54) is 32.1 Å². The number of aliphatic hydroxyl groups excluding tert-OH is 7. The third-order valence-electron chi connectivity index (χ3n) is 12.3. The molecule has 0 bridgehead atoms. The molecule has 0 aliphatic rings. The van der Waals surface area contributed by atoms with Gasteiger partial charge in [0.15, 0.2) is 0 Å². The van der Waals surface area contributed by atoms with Crippen molar-refractivity contribution in [3.63, 3.8) is 0 Å². The second-order valence-corrected chi connectivity index (χ2v) is 19.0. The molecule has 3 amide bonds. The van der Waals surface area contributed by atoms with Crippen LogP contribution in [-0.2, 0) is 25.7 Å². The Labute approximate surface area is 422 Å². The maximum Gasteiger partial charge on any atom is 0.407 e. The standard InChI is InChI=1S/C53H88ClN3O13/c1-2-50(64)56-43(36-59)39-69-45-31-29-41(30-32-45)49(63)34-55-52(66)48(62)28-21-27-47(61)51(65)46(54)26-19-12-9-11-18-25-44(60)24-17-10-7-5-3-4-6-8-13-20-33-68-38-42(35-58)57-53(67)70-37-40-22-15-14-16-23-40/h14-16,22-23,29-32,42-44,46-49,51,58-63,65H,2-13,17-21,24-28,33-39H2,1H3,(H,55,66)(H,56,64)(H,57,67)/t42-,43-,44+,46+,47-,48-,49-,51-/m0/s1. The molecular formula is C53H88ClN3O13. The van der Waals surface area contributed by atoms with Crippen LogP contribution in [0.5, 0.6) is 5.75 Å². The van der Waals surface area contributed by atoms with Crippen LogP contribution in [0.3, 0.4) is 0 Å². The van der Waals surface area contributed by atoms with Crippen molar-refractivity contribution in [1.82, 2.24) is 16.0 Å². The molecule has 0 aromatic heterocycles. The Morgan fingerprint density at radius 1 is 0.629 bits per heavy atom. The highest BCUT2D eigenvalue weighted by molar-refractivity contribution is 6.21. The largest absolute Gasteiger partial charge is 0.491 e. The summed E-state index contributed by atoms with van der Waals surface area (Å²) >= 11 is 6.42. The van der Waals surface area contributed by atoms with E-state index in [0.29, 0.717) is 30.8 Å². The molecule has 8 atom stereocenters. The normalized spacial score (nSPS) is 14.9. The van der Waals surface area contributed by atoms with Gasteiger partial charge in [0.1, 0.15) is 25.1 Å². The van der Waals surface area contributed by atoms with Gasteiger partial charge in [0.2, 0.25) is 11.8 Å². The first kappa shape index (κ1) is 62.5. The first-order valence-electron chi connectivity index (χ1n) is 26.0. The number of carbonyl (C=O) groups excluding carboxylic acids is 3. The van der Waals surface area contributed by atoms with E-state index < -0.39 is 53.9 Å². The summed E-state index contributed by atoms with van der Waals surface area (Å²) in [7, 11) is 0. The molecule has 0 aliphatic heterocycles. The molecule has 0 fully saturated rings. The lowest BCUT2D eigenvalue weighted by molar-refractivity contribution is -0.130. The SMILES string of the molecule is CCC(=O)N[C@@H](CO)COc1ccc([C@@H](O)CNC(=O)[C@@H](O)CCC[C@H](O)[C@@H](O)[C@H](Cl)CCCCCCC[C@H](O)CCCCCCCCCCCCOC[C@H](CO)NC(=O)OCc2ccccc2)cc1. The van der Waals surface area contributed by atoms with Crippen molar-refractivity contribution in [1.29, 1.82) is 0 Å². The minimum absolute atomic E-state index is 0.0584. The van der Waals surface area contributed by atoms with Crippen molar-refractivity contribution < 1.29 is 64.3 Å². The van der Waals surface area contributed by atoms with E-state index in [4.69, 9.17) is 25.8 Å². The first-order chi connectivity index (χ1) is 33.9. The van der Waals surface area contributed by atoms with E-state index in [1.807, 2.05) is 30.3 Å². The van der Waals surface area contributed by atoms with E-state index in [1.54, 1.807) is 31.2 Å². The molecule has 70 heavy (non-hydrogen) atoms. The molecule has 0 heterocycles. The third kappa shape index (κ3) is 30.3. The van der Waals surface area contributed by atoms with Gasteiger partial charge in [-0.1, -0.05) is 139 Å². The fourth-order valence-electron chi connectivity index (χ4n) is 7.81. The second kappa shape index (κ2) is 40.0. The van der Waals surface area contributed by atoms with Crippen LogP contribution >= 0.6 is 11.6 Å². The number of carbonyl (C=O) groups is 3. The highest BCUT2D eigenvalue weighted by atomic mass is 35.5. The van der Waals surface area contributed by atoms with Crippen molar-refractivity contribution in [3.05, 3.63) is 65.7 Å². The highest BCUT2D eigenvalue weighted by Gasteiger charge is 2.25. The van der Waals surface area contributed by atoms with E-state index >= 15 is 0 Å². The Balaban J connectivity index is 1.38. The van der Waals surface area contributed by atoms with Gasteiger partial charge in [0.25, 0.3) is 0 Å². The molecule has 0 radical (unpaired) electrons. The highest BCUT2D eigenvalue weighted by Crippen LogP contribution is 2.21. The summed E-state index contributed by atoms with van der Waals surface area (Å²) in [4.78, 5) is 36.0. The third-order valence-corrected chi connectivity index (χ3v) is 12.8. The quantitative estimate of drug-likeness (QED) is 0.0247. The summed E-state index contributed by atoms with van der Waals surface area (Å²) in [5.74, 6) is -0.383. The van der Waals surface area contributed by atoms with Gasteiger partial charge in [0.05, 0.1) is 61.7 Å². The van der Waals surface area contributed by atoms with Gasteiger partial charge in [-0.15, -0.1) is 11.6 Å². The molecule has 2 rings (SSSR count). The monoisotopic (exact) mass is 1010 g/mol. The summed E-state index contributed by atoms with van der Waals surface area (Å²) in [6.07, 6.45) is 13.7. The number of ether oxygens (including phenoxy) is 3. The van der Waals surface area contributed by atoms with Gasteiger partial charge in [0, 0.05) is 19.6 Å². The summed E-state index contributed by atoms with van der Waals surface area (Å²) < 4.78 is 16.5. The molecule has 10 N–H and O–H groups in total. The summed E-state index contributed by atoms with van der Waals surface area (Å²) in [6, 6.07) is 14.9. The summed E-state index contributed by atoms with van der Waals surface area (Å²) in [5, 5.41) is 78.6. The lowest BCUT2D eigenvalue weighted by Crippen LogP contribution is -2.41. The topological polar surface area (TPSA) is 257 Å². The molecule has 0 unspecified atom stereocenters. The Morgan fingerprint density at radius 2 is 1.19 bits per heavy atom. The molecule has 0 aliphatic carbocycles. The number of unbranched alkanes of at least 4 members (excludes halogenated alkanes) is 13. The van der Waals surface area contributed by atoms with Gasteiger partial charge >= 0.3 is 6.09 Å². The van der Waals surface area contributed by atoms with Crippen LogP contribution in [0.15, 0.2) is 54.6 Å². The van der Waals surface area contributed by atoms with E-state index in [0.717, 1.165) is 82.6 Å². The van der Waals surface area contributed by atoms with Crippen LogP contribution in [0.1, 0.15) is 165 Å². The first-order valence-corrected chi connectivity index (χ1v) is 26.4. The smallest absolute Gasteiger partial charge is 0.407 e. The lowest BCUT2D eigenvalue weighted by atomic mass is 9.98. The summed E-state index contributed by atoms with van der Waals surface area (Å²) in [5.41, 5.74) is 1.41. The number of alkyl halides is 1. The van der Waals surface area contributed by atoms with Crippen molar-refractivity contribution >= 4 is 29.5 Å². The maximum absolute atomic E-state index is 12.5. The Kier molecular flexibility index (Phi) is 35.7. The predicted octanol–water partition coefficient (Wildman–Crippen LogP) is 6.65. The van der Waals surface area contributed by atoms with E-state index in [-0.39, 0.29) is 70.9 Å². The van der Waals surface area contributed by atoms with Gasteiger partial charge in [-0.2, -0.15) is 0 Å². The van der Waals surface area contributed by atoms with Crippen LogP contribution in [0.2, 0.25) is 0 Å². The van der Waals surface area contributed by atoms with Crippen molar-refractivity contribution in [2.24, 2.45) is 0 Å². The van der Waals surface area contributed by atoms with Crippen molar-refractivity contribution in [2.75, 3.05) is 39.6 Å². The molecule has 0 saturated heterocycles. The maximum atomic E-state index is 12.5. The van der Waals surface area contributed by atoms with Gasteiger partial charge < -0.3 is 65.9 Å². The minimum Gasteiger partial charge on any atom is -0.491 e. The van der Waals surface area contributed by atoms with Gasteiger partial charge in [-0.25, -0.2) is 4.79 Å². The predicted molar refractivity (Wildman–Crippen MR) is 271 cm³/mol. The van der Waals surface area contributed by atoms with Crippen LogP contribution in [-0.4, -0.2) is 135 Å². The van der Waals surface area contributed by atoms with E-state index in [2.05, 4.69) is 16.0 Å². The van der Waals surface area contributed by atoms with Gasteiger partial charge in [-0.05, 0) is 68.2 Å². The molecular weight excluding hydrogens is 922 g/mol. The van der Waals surface area contributed by atoms with Crippen molar-refractivity contribution in [2.45, 2.75) is 203 Å².